The van der Waals surface area contributed by atoms with Crippen LogP contribution in [0.5, 0.6) is 0 Å². The van der Waals surface area contributed by atoms with E-state index in [9.17, 15) is 4.79 Å². The summed E-state index contributed by atoms with van der Waals surface area (Å²) in [5.74, 6) is 0.506. The van der Waals surface area contributed by atoms with Gasteiger partial charge >= 0.3 is 0 Å². The van der Waals surface area contributed by atoms with E-state index in [0.717, 1.165) is 4.47 Å². The van der Waals surface area contributed by atoms with Crippen LogP contribution in [0.4, 0.5) is 0 Å². The van der Waals surface area contributed by atoms with E-state index in [1.165, 1.54) is 25.7 Å². The summed E-state index contributed by atoms with van der Waals surface area (Å²) in [5, 5.41) is 3.07. The van der Waals surface area contributed by atoms with E-state index >= 15 is 0 Å². The Hall–Kier alpha value is -0.870. The van der Waals surface area contributed by atoms with Crippen LogP contribution in [-0.2, 0) is 0 Å². The fourth-order valence-corrected chi connectivity index (χ4v) is 3.09. The number of halogens is 1. The maximum atomic E-state index is 12.2. The van der Waals surface area contributed by atoms with Gasteiger partial charge in [0.15, 0.2) is 0 Å². The zero-order chi connectivity index (χ0) is 13.0. The standard InChI is InChI=1S/C14H19BrN2O/c15-12-8-4-3-7-11(12)14(18)17-13(9-16)10-5-1-2-6-10/h3-4,7-8,10,13H,1-2,5-6,9,16H2,(H,17,18). The van der Waals surface area contributed by atoms with Gasteiger partial charge in [-0.2, -0.15) is 0 Å². The number of rotatable bonds is 4. The summed E-state index contributed by atoms with van der Waals surface area (Å²) in [7, 11) is 0. The lowest BCUT2D eigenvalue weighted by molar-refractivity contribution is 0.0923. The summed E-state index contributed by atoms with van der Waals surface area (Å²) in [4.78, 5) is 12.2. The summed E-state index contributed by atoms with van der Waals surface area (Å²) in [6.07, 6.45) is 4.87. The first-order valence-electron chi connectivity index (χ1n) is 6.48. The first-order valence-corrected chi connectivity index (χ1v) is 7.27. The zero-order valence-electron chi connectivity index (χ0n) is 10.4. The number of amides is 1. The topological polar surface area (TPSA) is 55.1 Å². The lowest BCUT2D eigenvalue weighted by Crippen LogP contribution is -2.44. The van der Waals surface area contributed by atoms with Crippen molar-refractivity contribution in [2.45, 2.75) is 31.7 Å². The molecular formula is C14H19BrN2O. The molecule has 1 atom stereocenters. The van der Waals surface area contributed by atoms with E-state index in [2.05, 4.69) is 21.2 Å². The minimum atomic E-state index is -0.0372. The number of hydrogen-bond donors (Lipinski definition) is 2. The lowest BCUT2D eigenvalue weighted by atomic mass is 9.98. The lowest BCUT2D eigenvalue weighted by Gasteiger charge is -2.23. The Labute approximate surface area is 116 Å². The van der Waals surface area contributed by atoms with Crippen molar-refractivity contribution >= 4 is 21.8 Å². The smallest absolute Gasteiger partial charge is 0.252 e. The highest BCUT2D eigenvalue weighted by Crippen LogP contribution is 2.27. The molecule has 0 heterocycles. The first kappa shape index (κ1) is 13.6. The van der Waals surface area contributed by atoms with Crippen molar-refractivity contribution in [1.82, 2.24) is 5.32 Å². The van der Waals surface area contributed by atoms with Crippen LogP contribution in [0.25, 0.3) is 0 Å². The number of carbonyl (C=O) groups excluding carboxylic acids is 1. The van der Waals surface area contributed by atoms with E-state index in [1.807, 2.05) is 24.3 Å². The van der Waals surface area contributed by atoms with Crippen LogP contribution in [-0.4, -0.2) is 18.5 Å². The molecule has 1 aliphatic rings. The largest absolute Gasteiger partial charge is 0.348 e. The van der Waals surface area contributed by atoms with Gasteiger partial charge in [0, 0.05) is 17.1 Å². The third kappa shape index (κ3) is 3.12. The Balaban J connectivity index is 2.03. The molecule has 1 aromatic rings. The van der Waals surface area contributed by atoms with Crippen molar-refractivity contribution in [2.24, 2.45) is 11.7 Å². The van der Waals surface area contributed by atoms with Crippen LogP contribution in [0, 0.1) is 5.92 Å². The number of carbonyl (C=O) groups is 1. The predicted octanol–water partition coefficient (Wildman–Crippen LogP) is 2.70. The molecule has 0 saturated heterocycles. The van der Waals surface area contributed by atoms with Crippen molar-refractivity contribution < 1.29 is 4.79 Å². The Morgan fingerprint density at radius 2 is 2.06 bits per heavy atom. The third-order valence-electron chi connectivity index (χ3n) is 3.66. The minimum absolute atomic E-state index is 0.0372. The average Bonchev–Trinajstić information content (AvgIpc) is 2.90. The van der Waals surface area contributed by atoms with Crippen LogP contribution < -0.4 is 11.1 Å². The van der Waals surface area contributed by atoms with Crippen molar-refractivity contribution in [3.05, 3.63) is 34.3 Å². The predicted molar refractivity (Wildman–Crippen MR) is 76.4 cm³/mol. The molecule has 0 radical (unpaired) electrons. The summed E-state index contributed by atoms with van der Waals surface area (Å²) in [5.41, 5.74) is 6.47. The molecule has 1 aromatic carbocycles. The van der Waals surface area contributed by atoms with E-state index in [0.29, 0.717) is 18.0 Å². The Morgan fingerprint density at radius 1 is 1.39 bits per heavy atom. The van der Waals surface area contributed by atoms with Crippen molar-refractivity contribution in [3.63, 3.8) is 0 Å². The summed E-state index contributed by atoms with van der Waals surface area (Å²) < 4.78 is 0.824. The van der Waals surface area contributed by atoms with Gasteiger partial charge in [-0.1, -0.05) is 25.0 Å². The van der Waals surface area contributed by atoms with Crippen molar-refractivity contribution in [1.29, 1.82) is 0 Å². The van der Waals surface area contributed by atoms with Crippen molar-refractivity contribution in [2.75, 3.05) is 6.54 Å². The molecule has 0 spiro atoms. The van der Waals surface area contributed by atoms with Crippen LogP contribution >= 0.6 is 15.9 Å². The summed E-state index contributed by atoms with van der Waals surface area (Å²) >= 11 is 3.40. The van der Waals surface area contributed by atoms with Gasteiger partial charge in [0.25, 0.3) is 5.91 Å². The van der Waals surface area contributed by atoms with Gasteiger partial charge in [0.2, 0.25) is 0 Å². The monoisotopic (exact) mass is 310 g/mol. The molecule has 1 aliphatic carbocycles. The minimum Gasteiger partial charge on any atom is -0.348 e. The van der Waals surface area contributed by atoms with Crippen molar-refractivity contribution in [3.8, 4) is 0 Å². The molecule has 1 fully saturated rings. The maximum absolute atomic E-state index is 12.2. The van der Waals surface area contributed by atoms with E-state index in [1.54, 1.807) is 0 Å². The molecule has 18 heavy (non-hydrogen) atoms. The Morgan fingerprint density at radius 3 is 2.67 bits per heavy atom. The second kappa shape index (κ2) is 6.34. The van der Waals surface area contributed by atoms with Gasteiger partial charge in [0.05, 0.1) is 5.56 Å². The number of nitrogens with two attached hydrogens (primary N) is 1. The van der Waals surface area contributed by atoms with Gasteiger partial charge in [-0.25, -0.2) is 0 Å². The molecule has 3 N–H and O–H groups in total. The van der Waals surface area contributed by atoms with Gasteiger partial charge in [-0.15, -0.1) is 0 Å². The number of hydrogen-bond acceptors (Lipinski definition) is 2. The van der Waals surface area contributed by atoms with E-state index in [4.69, 9.17) is 5.73 Å². The molecule has 0 aromatic heterocycles. The fraction of sp³-hybridized carbons (Fsp3) is 0.500. The first-order chi connectivity index (χ1) is 8.72. The normalized spacial score (nSPS) is 17.7. The molecule has 0 aliphatic heterocycles. The molecular weight excluding hydrogens is 292 g/mol. The molecule has 2 rings (SSSR count). The highest BCUT2D eigenvalue weighted by atomic mass is 79.9. The highest BCUT2D eigenvalue weighted by molar-refractivity contribution is 9.10. The summed E-state index contributed by atoms with van der Waals surface area (Å²) in [6, 6.07) is 7.57. The molecule has 1 unspecified atom stereocenters. The third-order valence-corrected chi connectivity index (χ3v) is 4.35. The van der Waals surface area contributed by atoms with E-state index in [-0.39, 0.29) is 11.9 Å². The van der Waals surface area contributed by atoms with Gasteiger partial charge < -0.3 is 11.1 Å². The molecule has 3 nitrogen and oxygen atoms in total. The Kier molecular flexibility index (Phi) is 4.78. The maximum Gasteiger partial charge on any atom is 0.252 e. The molecule has 0 bridgehead atoms. The zero-order valence-corrected chi connectivity index (χ0v) is 11.9. The van der Waals surface area contributed by atoms with Gasteiger partial charge in [0.1, 0.15) is 0 Å². The van der Waals surface area contributed by atoms with Crippen LogP contribution in [0.1, 0.15) is 36.0 Å². The van der Waals surface area contributed by atoms with Crippen LogP contribution in [0.2, 0.25) is 0 Å². The van der Waals surface area contributed by atoms with Gasteiger partial charge in [-0.05, 0) is 46.8 Å². The fourth-order valence-electron chi connectivity index (χ4n) is 2.62. The number of benzene rings is 1. The van der Waals surface area contributed by atoms with E-state index < -0.39 is 0 Å². The molecule has 1 amide bonds. The molecule has 98 valence electrons. The average molecular weight is 311 g/mol. The SMILES string of the molecule is NCC(NC(=O)c1ccccc1Br)C1CCCC1. The van der Waals surface area contributed by atoms with Crippen LogP contribution in [0.3, 0.4) is 0 Å². The summed E-state index contributed by atoms with van der Waals surface area (Å²) in [6.45, 7) is 0.515. The highest BCUT2D eigenvalue weighted by Gasteiger charge is 2.25. The number of nitrogens with one attached hydrogen (secondary N) is 1. The quantitative estimate of drug-likeness (QED) is 0.898. The second-order valence-corrected chi connectivity index (χ2v) is 5.69. The Bertz CT molecular complexity index is 416. The second-order valence-electron chi connectivity index (χ2n) is 4.84. The van der Waals surface area contributed by atoms with Crippen LogP contribution in [0.15, 0.2) is 28.7 Å². The molecule has 1 saturated carbocycles. The molecule has 4 heteroatoms. The van der Waals surface area contributed by atoms with Gasteiger partial charge in [-0.3, -0.25) is 4.79 Å².